The van der Waals surface area contributed by atoms with E-state index in [9.17, 15) is 0 Å². The van der Waals surface area contributed by atoms with Gasteiger partial charge in [0.2, 0.25) is 0 Å². The summed E-state index contributed by atoms with van der Waals surface area (Å²) in [6.07, 6.45) is 0. The minimum atomic E-state index is -0.157. The molecule has 0 spiro atoms. The second kappa shape index (κ2) is 5.23. The third-order valence-corrected chi connectivity index (χ3v) is 3.68. The van der Waals surface area contributed by atoms with Gasteiger partial charge in [0.1, 0.15) is 5.82 Å². The van der Waals surface area contributed by atoms with E-state index in [1.165, 1.54) is 0 Å². The lowest BCUT2D eigenvalue weighted by Gasteiger charge is -2.25. The Morgan fingerprint density at radius 3 is 2.58 bits per heavy atom. The van der Waals surface area contributed by atoms with Crippen LogP contribution in [-0.2, 0) is 12.1 Å². The van der Waals surface area contributed by atoms with E-state index in [1.807, 2.05) is 22.8 Å². The fourth-order valence-corrected chi connectivity index (χ4v) is 2.59. The van der Waals surface area contributed by atoms with Crippen LogP contribution in [0, 0.1) is 0 Å². The van der Waals surface area contributed by atoms with Crippen LogP contribution in [0.2, 0.25) is 5.02 Å². The van der Waals surface area contributed by atoms with Gasteiger partial charge in [-0.15, -0.1) is 10.2 Å². The number of aromatic nitrogens is 3. The third-order valence-electron chi connectivity index (χ3n) is 2.75. The molecule has 2 N–H and O–H groups in total. The van der Waals surface area contributed by atoms with Crippen LogP contribution in [0.15, 0.2) is 22.7 Å². The first-order chi connectivity index (χ1) is 8.84. The third kappa shape index (κ3) is 2.83. The monoisotopic (exact) mass is 342 g/mol. The molecule has 1 aromatic heterocycles. The highest BCUT2D eigenvalue weighted by molar-refractivity contribution is 9.10. The summed E-state index contributed by atoms with van der Waals surface area (Å²) in [5.74, 6) is 1.52. The van der Waals surface area contributed by atoms with Crippen molar-refractivity contribution in [3.63, 3.8) is 0 Å². The van der Waals surface area contributed by atoms with Gasteiger partial charge < -0.3 is 10.3 Å². The summed E-state index contributed by atoms with van der Waals surface area (Å²) in [5, 5.41) is 9.11. The number of halogens is 2. The molecule has 1 aromatic carbocycles. The van der Waals surface area contributed by atoms with Crippen molar-refractivity contribution in [3.05, 3.63) is 33.5 Å². The molecule has 4 nitrogen and oxygen atoms in total. The highest BCUT2D eigenvalue weighted by Crippen LogP contribution is 2.33. The number of benzene rings is 1. The number of nitrogens with two attached hydrogens (primary N) is 1. The van der Waals surface area contributed by atoms with Gasteiger partial charge in [0.05, 0.1) is 6.54 Å². The molecule has 0 aliphatic carbocycles. The Morgan fingerprint density at radius 1 is 1.32 bits per heavy atom. The molecular formula is C13H16BrClN4. The number of hydrogen-bond acceptors (Lipinski definition) is 3. The molecule has 0 aliphatic heterocycles. The largest absolute Gasteiger partial charge is 0.324 e. The van der Waals surface area contributed by atoms with Crippen LogP contribution < -0.4 is 5.73 Å². The van der Waals surface area contributed by atoms with Gasteiger partial charge in [0.15, 0.2) is 5.82 Å². The summed E-state index contributed by atoms with van der Waals surface area (Å²) in [7, 11) is 0. The Morgan fingerprint density at radius 2 is 2.00 bits per heavy atom. The molecule has 0 saturated carbocycles. The molecule has 0 amide bonds. The fourth-order valence-electron chi connectivity index (χ4n) is 2.00. The normalized spacial score (nSPS) is 11.9. The minimum absolute atomic E-state index is 0.157. The quantitative estimate of drug-likeness (QED) is 0.907. The van der Waals surface area contributed by atoms with Crippen LogP contribution in [-0.4, -0.2) is 14.8 Å². The molecule has 19 heavy (non-hydrogen) atoms. The van der Waals surface area contributed by atoms with E-state index in [1.54, 1.807) is 0 Å². The summed E-state index contributed by atoms with van der Waals surface area (Å²) in [4.78, 5) is 0. The van der Waals surface area contributed by atoms with E-state index in [0.717, 1.165) is 21.7 Å². The van der Waals surface area contributed by atoms with Crippen LogP contribution in [0.1, 0.15) is 26.6 Å². The molecule has 6 heteroatoms. The predicted molar refractivity (Wildman–Crippen MR) is 81.1 cm³/mol. The molecule has 2 rings (SSSR count). The van der Waals surface area contributed by atoms with Crippen molar-refractivity contribution in [2.75, 3.05) is 0 Å². The molecule has 0 saturated heterocycles. The van der Waals surface area contributed by atoms with Gasteiger partial charge in [-0.25, -0.2) is 0 Å². The van der Waals surface area contributed by atoms with E-state index in [-0.39, 0.29) is 5.54 Å². The molecule has 102 valence electrons. The zero-order valence-corrected chi connectivity index (χ0v) is 13.5. The van der Waals surface area contributed by atoms with Crippen LogP contribution in [0.25, 0.3) is 11.4 Å². The Balaban J connectivity index is 2.69. The lowest BCUT2D eigenvalue weighted by Crippen LogP contribution is -2.26. The second-order valence-corrected chi connectivity index (χ2v) is 6.57. The first-order valence-corrected chi connectivity index (χ1v) is 7.12. The van der Waals surface area contributed by atoms with E-state index < -0.39 is 0 Å². The molecule has 0 fully saturated rings. The molecule has 0 aliphatic rings. The Kier molecular flexibility index (Phi) is 3.99. The average molecular weight is 344 g/mol. The van der Waals surface area contributed by atoms with Crippen LogP contribution >= 0.6 is 27.5 Å². The summed E-state index contributed by atoms with van der Waals surface area (Å²) < 4.78 is 2.97. The zero-order valence-electron chi connectivity index (χ0n) is 11.1. The number of rotatable bonds is 2. The van der Waals surface area contributed by atoms with E-state index in [2.05, 4.69) is 46.9 Å². The Hall–Kier alpha value is -0.910. The molecule has 0 unspecified atom stereocenters. The van der Waals surface area contributed by atoms with Gasteiger partial charge in [0.25, 0.3) is 0 Å². The van der Waals surface area contributed by atoms with E-state index >= 15 is 0 Å². The van der Waals surface area contributed by atoms with Crippen molar-refractivity contribution in [2.45, 2.75) is 32.9 Å². The molecule has 2 aromatic rings. The smallest absolute Gasteiger partial charge is 0.165 e. The van der Waals surface area contributed by atoms with Gasteiger partial charge in [-0.2, -0.15) is 0 Å². The van der Waals surface area contributed by atoms with Crippen molar-refractivity contribution >= 4 is 27.5 Å². The summed E-state index contributed by atoms with van der Waals surface area (Å²) >= 11 is 9.60. The van der Waals surface area contributed by atoms with Crippen LogP contribution in [0.4, 0.5) is 0 Å². The van der Waals surface area contributed by atoms with Gasteiger partial charge in [-0.3, -0.25) is 0 Å². The highest BCUT2D eigenvalue weighted by atomic mass is 79.9. The van der Waals surface area contributed by atoms with Crippen LogP contribution in [0.3, 0.4) is 0 Å². The van der Waals surface area contributed by atoms with Gasteiger partial charge in [-0.1, -0.05) is 27.5 Å². The SMILES string of the molecule is CC(C)(C)n1c(CN)nnc1-c1cc(Cl)ccc1Br. The zero-order chi connectivity index (χ0) is 14.2. The summed E-state index contributed by atoms with van der Waals surface area (Å²) in [5.41, 5.74) is 6.50. The lowest BCUT2D eigenvalue weighted by molar-refractivity contribution is 0.386. The number of hydrogen-bond donors (Lipinski definition) is 1. The van der Waals surface area contributed by atoms with Crippen molar-refractivity contribution in [1.82, 2.24) is 14.8 Å². The van der Waals surface area contributed by atoms with E-state index in [0.29, 0.717) is 11.6 Å². The van der Waals surface area contributed by atoms with Gasteiger partial charge in [-0.05, 0) is 39.0 Å². The average Bonchev–Trinajstić information content (AvgIpc) is 2.75. The topological polar surface area (TPSA) is 56.7 Å². The number of nitrogens with zero attached hydrogens (tertiary/aromatic N) is 3. The first kappa shape index (κ1) is 14.5. The maximum absolute atomic E-state index is 6.07. The molecule has 1 heterocycles. The molecule has 0 radical (unpaired) electrons. The summed E-state index contributed by atoms with van der Waals surface area (Å²) in [6, 6.07) is 5.61. The lowest BCUT2D eigenvalue weighted by atomic mass is 10.1. The van der Waals surface area contributed by atoms with Gasteiger partial charge in [0, 0.05) is 20.6 Å². The Labute approximate surface area is 126 Å². The fraction of sp³-hybridized carbons (Fsp3) is 0.385. The highest BCUT2D eigenvalue weighted by Gasteiger charge is 2.24. The summed E-state index contributed by atoms with van der Waals surface area (Å²) in [6.45, 7) is 6.63. The second-order valence-electron chi connectivity index (χ2n) is 5.27. The van der Waals surface area contributed by atoms with Crippen LogP contribution in [0.5, 0.6) is 0 Å². The molecular weight excluding hydrogens is 328 g/mol. The maximum atomic E-state index is 6.07. The maximum Gasteiger partial charge on any atom is 0.165 e. The van der Waals surface area contributed by atoms with Gasteiger partial charge >= 0.3 is 0 Å². The Bertz CT molecular complexity index is 601. The first-order valence-electron chi connectivity index (χ1n) is 5.95. The predicted octanol–water partition coefficient (Wildman–Crippen LogP) is 3.57. The van der Waals surface area contributed by atoms with Crippen molar-refractivity contribution < 1.29 is 0 Å². The molecule has 0 atom stereocenters. The van der Waals surface area contributed by atoms with E-state index in [4.69, 9.17) is 17.3 Å². The van der Waals surface area contributed by atoms with Crippen molar-refractivity contribution in [2.24, 2.45) is 5.73 Å². The van der Waals surface area contributed by atoms with Crippen molar-refractivity contribution in [3.8, 4) is 11.4 Å². The molecule has 0 bridgehead atoms. The standard InChI is InChI=1S/C13H16BrClN4/c1-13(2,3)19-11(7-16)17-18-12(19)9-6-8(15)4-5-10(9)14/h4-6H,7,16H2,1-3H3. The minimum Gasteiger partial charge on any atom is -0.324 e. The van der Waals surface area contributed by atoms with Crippen molar-refractivity contribution in [1.29, 1.82) is 0 Å².